The number of nitrogens with zero attached hydrogens (tertiary/aromatic N) is 2. The number of guanidine groups is 1. The zero-order valence-electron chi connectivity index (χ0n) is 15.0. The molecule has 0 saturated heterocycles. The van der Waals surface area contributed by atoms with Gasteiger partial charge in [0.2, 0.25) is 0 Å². The van der Waals surface area contributed by atoms with E-state index in [2.05, 4.69) is 59.8 Å². The van der Waals surface area contributed by atoms with E-state index in [1.807, 2.05) is 30.3 Å². The minimum absolute atomic E-state index is 0.323. The summed E-state index contributed by atoms with van der Waals surface area (Å²) in [6.07, 6.45) is 2.08. The largest absolute Gasteiger partial charge is 0.357 e. The Kier molecular flexibility index (Phi) is 7.52. The van der Waals surface area contributed by atoms with E-state index < -0.39 is 0 Å². The SMILES string of the molecule is CCNC(=NCc1cccc(C#N)c1)NC(C)CCc1ccccc1. The van der Waals surface area contributed by atoms with E-state index >= 15 is 0 Å². The molecule has 0 fully saturated rings. The van der Waals surface area contributed by atoms with Gasteiger partial charge in [-0.05, 0) is 49.9 Å². The topological polar surface area (TPSA) is 60.2 Å². The second-order valence-corrected chi connectivity index (χ2v) is 6.08. The van der Waals surface area contributed by atoms with Crippen LogP contribution in [0.15, 0.2) is 59.6 Å². The summed E-state index contributed by atoms with van der Waals surface area (Å²) in [6, 6.07) is 20.6. The molecule has 2 rings (SSSR count). The summed E-state index contributed by atoms with van der Waals surface area (Å²) in [6.45, 7) is 5.60. The van der Waals surface area contributed by atoms with Crippen LogP contribution >= 0.6 is 0 Å². The van der Waals surface area contributed by atoms with Gasteiger partial charge in [-0.15, -0.1) is 0 Å². The van der Waals surface area contributed by atoms with E-state index in [1.54, 1.807) is 0 Å². The molecule has 130 valence electrons. The first-order valence-electron chi connectivity index (χ1n) is 8.79. The van der Waals surface area contributed by atoms with Crippen LogP contribution in [0.1, 0.15) is 37.0 Å². The van der Waals surface area contributed by atoms with E-state index in [1.165, 1.54) is 5.56 Å². The Labute approximate surface area is 150 Å². The van der Waals surface area contributed by atoms with Gasteiger partial charge >= 0.3 is 0 Å². The number of aryl methyl sites for hydroxylation is 1. The fraction of sp³-hybridized carbons (Fsp3) is 0.333. The van der Waals surface area contributed by atoms with Gasteiger partial charge in [-0.1, -0.05) is 42.5 Å². The number of rotatable bonds is 7. The lowest BCUT2D eigenvalue weighted by atomic mass is 10.1. The van der Waals surface area contributed by atoms with Crippen molar-refractivity contribution in [3.63, 3.8) is 0 Å². The van der Waals surface area contributed by atoms with E-state index in [4.69, 9.17) is 5.26 Å². The monoisotopic (exact) mass is 334 g/mol. The van der Waals surface area contributed by atoms with Gasteiger partial charge in [-0.25, -0.2) is 4.99 Å². The molecule has 0 radical (unpaired) electrons. The Bertz CT molecular complexity index is 716. The van der Waals surface area contributed by atoms with Crippen molar-refractivity contribution < 1.29 is 0 Å². The third kappa shape index (κ3) is 6.68. The van der Waals surface area contributed by atoms with Crippen LogP contribution in [0.2, 0.25) is 0 Å². The minimum atomic E-state index is 0.323. The zero-order valence-corrected chi connectivity index (χ0v) is 15.0. The van der Waals surface area contributed by atoms with E-state index in [9.17, 15) is 0 Å². The van der Waals surface area contributed by atoms with Crippen molar-refractivity contribution in [3.05, 3.63) is 71.3 Å². The third-order valence-electron chi connectivity index (χ3n) is 3.91. The fourth-order valence-corrected chi connectivity index (χ4v) is 2.56. The van der Waals surface area contributed by atoms with Crippen LogP contribution in [0.5, 0.6) is 0 Å². The Morgan fingerprint density at radius 3 is 2.60 bits per heavy atom. The van der Waals surface area contributed by atoms with Crippen LogP contribution < -0.4 is 10.6 Å². The third-order valence-corrected chi connectivity index (χ3v) is 3.91. The molecule has 0 heterocycles. The van der Waals surface area contributed by atoms with Crippen LogP contribution in [-0.2, 0) is 13.0 Å². The smallest absolute Gasteiger partial charge is 0.191 e. The highest BCUT2D eigenvalue weighted by Gasteiger charge is 2.06. The van der Waals surface area contributed by atoms with Gasteiger partial charge < -0.3 is 10.6 Å². The molecule has 0 amide bonds. The highest BCUT2D eigenvalue weighted by atomic mass is 15.2. The number of hydrogen-bond donors (Lipinski definition) is 2. The molecule has 2 N–H and O–H groups in total. The van der Waals surface area contributed by atoms with Crippen LogP contribution in [0.25, 0.3) is 0 Å². The van der Waals surface area contributed by atoms with Gasteiger partial charge in [0, 0.05) is 12.6 Å². The quantitative estimate of drug-likeness (QED) is 0.600. The molecule has 1 unspecified atom stereocenters. The lowest BCUT2D eigenvalue weighted by Gasteiger charge is -2.18. The molecule has 0 aliphatic heterocycles. The van der Waals surface area contributed by atoms with Gasteiger partial charge in [-0.2, -0.15) is 5.26 Å². The number of nitriles is 1. The van der Waals surface area contributed by atoms with Gasteiger partial charge in [-0.3, -0.25) is 0 Å². The fourth-order valence-electron chi connectivity index (χ4n) is 2.56. The summed E-state index contributed by atoms with van der Waals surface area (Å²) in [5.74, 6) is 0.811. The molecular formula is C21H26N4. The average Bonchev–Trinajstić information content (AvgIpc) is 2.65. The first-order chi connectivity index (χ1) is 12.2. The zero-order chi connectivity index (χ0) is 17.9. The van der Waals surface area contributed by atoms with Gasteiger partial charge in [0.05, 0.1) is 18.2 Å². The van der Waals surface area contributed by atoms with E-state index in [0.29, 0.717) is 18.2 Å². The number of benzene rings is 2. The molecule has 0 aliphatic rings. The Morgan fingerprint density at radius 2 is 1.88 bits per heavy atom. The second kappa shape index (κ2) is 10.1. The first kappa shape index (κ1) is 18.5. The summed E-state index contributed by atoms with van der Waals surface area (Å²) in [4.78, 5) is 4.64. The maximum atomic E-state index is 8.99. The summed E-state index contributed by atoms with van der Waals surface area (Å²) in [5.41, 5.74) is 3.06. The molecule has 0 saturated carbocycles. The maximum Gasteiger partial charge on any atom is 0.191 e. The Balaban J connectivity index is 1.91. The summed E-state index contributed by atoms with van der Waals surface area (Å²) in [5, 5.41) is 15.7. The first-order valence-corrected chi connectivity index (χ1v) is 8.79. The van der Waals surface area contributed by atoms with Gasteiger partial charge in [0.1, 0.15) is 0 Å². The average molecular weight is 334 g/mol. The molecular weight excluding hydrogens is 308 g/mol. The molecule has 25 heavy (non-hydrogen) atoms. The van der Waals surface area contributed by atoms with E-state index in [0.717, 1.165) is 30.9 Å². The van der Waals surface area contributed by atoms with Crippen molar-refractivity contribution in [1.29, 1.82) is 5.26 Å². The van der Waals surface area contributed by atoms with Crippen molar-refractivity contribution in [2.24, 2.45) is 4.99 Å². The minimum Gasteiger partial charge on any atom is -0.357 e. The van der Waals surface area contributed by atoms with Crippen molar-refractivity contribution in [2.45, 2.75) is 39.3 Å². The molecule has 4 nitrogen and oxygen atoms in total. The molecule has 4 heteroatoms. The van der Waals surface area contributed by atoms with E-state index in [-0.39, 0.29) is 0 Å². The second-order valence-electron chi connectivity index (χ2n) is 6.08. The van der Waals surface area contributed by atoms with Crippen LogP contribution in [0, 0.1) is 11.3 Å². The molecule has 0 aliphatic carbocycles. The van der Waals surface area contributed by atoms with Crippen LogP contribution in [0.3, 0.4) is 0 Å². The lowest BCUT2D eigenvalue weighted by Crippen LogP contribution is -2.42. The predicted octanol–water partition coefficient (Wildman–Crippen LogP) is 3.63. The van der Waals surface area contributed by atoms with Crippen molar-refractivity contribution in [3.8, 4) is 6.07 Å². The summed E-state index contributed by atoms with van der Waals surface area (Å²) in [7, 11) is 0. The molecule has 1 atom stereocenters. The van der Waals surface area contributed by atoms with Crippen molar-refractivity contribution in [2.75, 3.05) is 6.54 Å². The van der Waals surface area contributed by atoms with Crippen LogP contribution in [-0.4, -0.2) is 18.5 Å². The summed E-state index contributed by atoms with van der Waals surface area (Å²) >= 11 is 0. The highest BCUT2D eigenvalue weighted by Crippen LogP contribution is 2.06. The predicted molar refractivity (Wildman–Crippen MR) is 103 cm³/mol. The Morgan fingerprint density at radius 1 is 1.12 bits per heavy atom. The molecule has 2 aromatic carbocycles. The van der Waals surface area contributed by atoms with Crippen molar-refractivity contribution >= 4 is 5.96 Å². The van der Waals surface area contributed by atoms with Gasteiger partial charge in [0.25, 0.3) is 0 Å². The summed E-state index contributed by atoms with van der Waals surface area (Å²) < 4.78 is 0. The van der Waals surface area contributed by atoms with Gasteiger partial charge in [0.15, 0.2) is 5.96 Å². The number of aliphatic imine (C=N–C) groups is 1. The standard InChI is InChI=1S/C21H26N4/c1-3-23-21(24-16-20-11-7-10-19(14-20)15-22)25-17(2)12-13-18-8-5-4-6-9-18/h4-11,14,17H,3,12-13,16H2,1-2H3,(H2,23,24,25). The Hall–Kier alpha value is -2.80. The maximum absolute atomic E-state index is 8.99. The highest BCUT2D eigenvalue weighted by molar-refractivity contribution is 5.80. The molecule has 0 aromatic heterocycles. The number of hydrogen-bond acceptors (Lipinski definition) is 2. The van der Waals surface area contributed by atoms with Crippen LogP contribution in [0.4, 0.5) is 0 Å². The lowest BCUT2D eigenvalue weighted by molar-refractivity contribution is 0.593. The normalized spacial score (nSPS) is 12.3. The molecule has 0 bridgehead atoms. The molecule has 2 aromatic rings. The van der Waals surface area contributed by atoms with Crippen molar-refractivity contribution in [1.82, 2.24) is 10.6 Å². The number of nitrogens with one attached hydrogen (secondary N) is 2. The molecule has 0 spiro atoms.